The van der Waals surface area contributed by atoms with Gasteiger partial charge >= 0.3 is 11.8 Å². The van der Waals surface area contributed by atoms with Gasteiger partial charge in [0.05, 0.1) is 21.3 Å². The van der Waals surface area contributed by atoms with Gasteiger partial charge in [-0.05, 0) is 45.4 Å². The molecule has 4 aromatic rings. The van der Waals surface area contributed by atoms with Gasteiger partial charge in [-0.15, -0.1) is 10.2 Å². The first-order chi connectivity index (χ1) is 18.7. The summed E-state index contributed by atoms with van der Waals surface area (Å²) >= 11 is 12.8. The number of aromatic nitrogens is 5. The predicted octanol–water partition coefficient (Wildman–Crippen LogP) is 4.50. The standard InChI is InChI=1S/C25H21Cl2FN6O6/c1-11-6-5-7-13(18(11)28)14-10-17(30-31-21(14)35)40-19-15(26)8-12(9-16(19)27)34-23(37)29-22(36)20(32-34)33(24(38)39)25(2,3)4/h5-10H,1-4H3,(H,31,35)(H,38,39)(H,29,36,37). The first-order valence-electron chi connectivity index (χ1n) is 11.5. The highest BCUT2D eigenvalue weighted by Gasteiger charge is 2.32. The van der Waals surface area contributed by atoms with E-state index in [1.807, 2.05) is 4.98 Å². The van der Waals surface area contributed by atoms with Gasteiger partial charge in [0.1, 0.15) is 5.82 Å². The second-order valence-electron chi connectivity index (χ2n) is 9.51. The Morgan fingerprint density at radius 1 is 1.07 bits per heavy atom. The van der Waals surface area contributed by atoms with Crippen LogP contribution in [0.25, 0.3) is 16.8 Å². The molecule has 0 spiro atoms. The van der Waals surface area contributed by atoms with Gasteiger partial charge in [0.2, 0.25) is 11.7 Å². The molecule has 15 heteroatoms. The van der Waals surface area contributed by atoms with Crippen molar-refractivity contribution in [3.05, 3.63) is 89.0 Å². The van der Waals surface area contributed by atoms with Crippen LogP contribution in [0.2, 0.25) is 10.0 Å². The highest BCUT2D eigenvalue weighted by atomic mass is 35.5. The van der Waals surface area contributed by atoms with E-state index in [1.165, 1.54) is 24.3 Å². The highest BCUT2D eigenvalue weighted by molar-refractivity contribution is 6.37. The molecule has 1 amide bonds. The number of amides is 1. The van der Waals surface area contributed by atoms with E-state index in [1.54, 1.807) is 39.8 Å². The maximum atomic E-state index is 14.7. The normalized spacial score (nSPS) is 11.4. The monoisotopic (exact) mass is 590 g/mol. The first kappa shape index (κ1) is 28.5. The zero-order valence-electron chi connectivity index (χ0n) is 21.4. The molecule has 4 rings (SSSR count). The van der Waals surface area contributed by atoms with Crippen molar-refractivity contribution in [2.75, 3.05) is 4.90 Å². The molecule has 0 atom stereocenters. The molecule has 208 valence electrons. The Kier molecular flexibility index (Phi) is 7.55. The molecule has 0 aliphatic carbocycles. The van der Waals surface area contributed by atoms with Crippen molar-refractivity contribution < 1.29 is 19.0 Å². The Hall–Kier alpha value is -4.49. The number of carboxylic acid groups (broad SMARTS) is 1. The number of benzene rings is 2. The van der Waals surface area contributed by atoms with Gasteiger partial charge in [-0.2, -0.15) is 4.68 Å². The van der Waals surface area contributed by atoms with Gasteiger partial charge in [-0.3, -0.25) is 19.5 Å². The summed E-state index contributed by atoms with van der Waals surface area (Å²) in [5.74, 6) is -1.44. The van der Waals surface area contributed by atoms with Gasteiger partial charge in [0.25, 0.3) is 11.1 Å². The highest BCUT2D eigenvalue weighted by Crippen LogP contribution is 2.38. The van der Waals surface area contributed by atoms with Gasteiger partial charge < -0.3 is 9.84 Å². The number of carbonyl (C=O) groups is 1. The Labute approximate surface area is 234 Å². The second-order valence-corrected chi connectivity index (χ2v) is 10.3. The molecule has 0 fully saturated rings. The lowest BCUT2D eigenvalue weighted by atomic mass is 10.0. The summed E-state index contributed by atoms with van der Waals surface area (Å²) in [4.78, 5) is 52.0. The van der Waals surface area contributed by atoms with Crippen LogP contribution in [0, 0.1) is 12.7 Å². The van der Waals surface area contributed by atoms with Gasteiger partial charge in [-0.25, -0.2) is 19.1 Å². The number of ether oxygens (including phenoxy) is 1. The van der Waals surface area contributed by atoms with Crippen LogP contribution in [0.3, 0.4) is 0 Å². The van der Waals surface area contributed by atoms with Crippen molar-refractivity contribution in [2.45, 2.75) is 33.2 Å². The Balaban J connectivity index is 1.76. The lowest BCUT2D eigenvalue weighted by Gasteiger charge is -2.31. The zero-order chi connectivity index (χ0) is 29.5. The molecule has 0 unspecified atom stereocenters. The van der Waals surface area contributed by atoms with E-state index >= 15 is 0 Å². The summed E-state index contributed by atoms with van der Waals surface area (Å²) in [5, 5.41) is 19.4. The number of hydrogen-bond acceptors (Lipinski definition) is 7. The van der Waals surface area contributed by atoms with Crippen molar-refractivity contribution >= 4 is 35.1 Å². The topological polar surface area (TPSA) is 163 Å². The van der Waals surface area contributed by atoms with Crippen LogP contribution in [0.15, 0.2) is 50.8 Å². The maximum absolute atomic E-state index is 14.7. The molecule has 2 heterocycles. The average molecular weight is 591 g/mol. The van der Waals surface area contributed by atoms with E-state index < -0.39 is 40.1 Å². The van der Waals surface area contributed by atoms with Gasteiger partial charge in [0, 0.05) is 17.2 Å². The third-order valence-corrected chi connectivity index (χ3v) is 6.14. The van der Waals surface area contributed by atoms with Crippen molar-refractivity contribution in [3.8, 4) is 28.4 Å². The number of H-pyrrole nitrogens is 2. The predicted molar refractivity (Wildman–Crippen MR) is 146 cm³/mol. The molecule has 2 aromatic heterocycles. The fraction of sp³-hybridized carbons (Fsp3) is 0.200. The molecule has 0 radical (unpaired) electrons. The largest absolute Gasteiger partial charge is 0.465 e. The van der Waals surface area contributed by atoms with E-state index in [0.717, 1.165) is 4.68 Å². The molecule has 0 bridgehead atoms. The summed E-state index contributed by atoms with van der Waals surface area (Å²) in [6.45, 7) is 6.18. The third kappa shape index (κ3) is 5.46. The summed E-state index contributed by atoms with van der Waals surface area (Å²) < 4.78 is 21.1. The molecule has 3 N–H and O–H groups in total. The molecular formula is C25H21Cl2FN6O6. The third-order valence-electron chi connectivity index (χ3n) is 5.58. The molecule has 0 saturated carbocycles. The quantitative estimate of drug-likeness (QED) is 0.306. The van der Waals surface area contributed by atoms with Crippen molar-refractivity contribution in [1.29, 1.82) is 0 Å². The van der Waals surface area contributed by atoms with Gasteiger partial charge in [-0.1, -0.05) is 41.4 Å². The molecule has 40 heavy (non-hydrogen) atoms. The molecule has 0 saturated heterocycles. The van der Waals surface area contributed by atoms with E-state index in [4.69, 9.17) is 27.9 Å². The van der Waals surface area contributed by atoms with E-state index in [-0.39, 0.29) is 38.5 Å². The van der Waals surface area contributed by atoms with Crippen LogP contribution in [0.5, 0.6) is 11.6 Å². The summed E-state index contributed by atoms with van der Waals surface area (Å²) in [7, 11) is 0. The van der Waals surface area contributed by atoms with Crippen LogP contribution < -0.4 is 26.4 Å². The lowest BCUT2D eigenvalue weighted by molar-refractivity contribution is 0.195. The van der Waals surface area contributed by atoms with Crippen molar-refractivity contribution in [2.24, 2.45) is 0 Å². The number of anilines is 1. The van der Waals surface area contributed by atoms with Crippen LogP contribution in [-0.2, 0) is 0 Å². The lowest BCUT2D eigenvalue weighted by Crippen LogP contribution is -2.50. The van der Waals surface area contributed by atoms with Crippen LogP contribution in [0.1, 0.15) is 26.3 Å². The second kappa shape index (κ2) is 10.6. The molecule has 12 nitrogen and oxygen atoms in total. The fourth-order valence-electron chi connectivity index (χ4n) is 3.77. The van der Waals surface area contributed by atoms with Crippen molar-refractivity contribution in [3.63, 3.8) is 0 Å². The summed E-state index contributed by atoms with van der Waals surface area (Å²) in [6, 6.07) is 8.25. The van der Waals surface area contributed by atoms with Crippen LogP contribution in [-0.4, -0.2) is 41.7 Å². The Bertz CT molecular complexity index is 1810. The number of nitrogens with one attached hydrogen (secondary N) is 2. The molecule has 2 aromatic carbocycles. The summed E-state index contributed by atoms with van der Waals surface area (Å²) in [6.07, 6.45) is -1.46. The maximum Gasteiger partial charge on any atom is 0.413 e. The van der Waals surface area contributed by atoms with E-state index in [0.29, 0.717) is 10.5 Å². The number of aryl methyl sites for hydroxylation is 1. The van der Waals surface area contributed by atoms with Crippen molar-refractivity contribution in [1.82, 2.24) is 25.0 Å². The summed E-state index contributed by atoms with van der Waals surface area (Å²) in [5.41, 5.74) is -3.44. The van der Waals surface area contributed by atoms with E-state index in [2.05, 4.69) is 15.3 Å². The van der Waals surface area contributed by atoms with Gasteiger partial charge in [0.15, 0.2) is 5.75 Å². The SMILES string of the molecule is Cc1cccc(-c2cc(Oc3c(Cl)cc(-n4nc(N(C(=O)O)C(C)(C)C)c(=O)[nH]c4=O)cc3Cl)n[nH]c2=O)c1F. The minimum atomic E-state index is -1.46. The minimum Gasteiger partial charge on any atom is -0.465 e. The number of nitrogens with zero attached hydrogens (tertiary/aromatic N) is 4. The zero-order valence-corrected chi connectivity index (χ0v) is 22.9. The van der Waals surface area contributed by atoms with E-state index in [9.17, 15) is 28.7 Å². The average Bonchev–Trinajstić information content (AvgIpc) is 2.84. The smallest absolute Gasteiger partial charge is 0.413 e. The van der Waals surface area contributed by atoms with Crippen LogP contribution >= 0.6 is 23.2 Å². The Morgan fingerprint density at radius 3 is 2.33 bits per heavy atom. The minimum absolute atomic E-state index is 0.0268. The number of hydrogen-bond donors (Lipinski definition) is 3. The fourth-order valence-corrected chi connectivity index (χ4v) is 4.33. The number of aromatic amines is 2. The van der Waals surface area contributed by atoms with Crippen LogP contribution in [0.4, 0.5) is 15.0 Å². The number of halogens is 3. The first-order valence-corrected chi connectivity index (χ1v) is 12.2. The molecule has 0 aliphatic rings. The number of rotatable bonds is 5. The molecular weight excluding hydrogens is 570 g/mol. The Morgan fingerprint density at radius 2 is 1.73 bits per heavy atom. The molecule has 0 aliphatic heterocycles.